The summed E-state index contributed by atoms with van der Waals surface area (Å²) in [5.74, 6) is 0.970. The summed E-state index contributed by atoms with van der Waals surface area (Å²) in [5.41, 5.74) is 8.35. The molecule has 0 radical (unpaired) electrons. The van der Waals surface area contributed by atoms with Gasteiger partial charge in [-0.15, -0.1) is 11.8 Å². The summed E-state index contributed by atoms with van der Waals surface area (Å²) >= 11 is 1.78. The first-order valence-corrected chi connectivity index (χ1v) is 7.97. The highest BCUT2D eigenvalue weighted by atomic mass is 32.2. The van der Waals surface area contributed by atoms with Gasteiger partial charge in [-0.25, -0.2) is 0 Å². The molecule has 21 heavy (non-hydrogen) atoms. The lowest BCUT2D eigenvalue weighted by molar-refractivity contribution is -0.116. The van der Waals surface area contributed by atoms with Crippen molar-refractivity contribution >= 4 is 29.0 Å². The number of hydrogen-bond acceptors (Lipinski definition) is 3. The zero-order chi connectivity index (χ0) is 15.1. The first-order valence-electron chi connectivity index (χ1n) is 6.98. The molecule has 0 saturated carbocycles. The van der Waals surface area contributed by atoms with Crippen LogP contribution in [-0.4, -0.2) is 11.7 Å². The fourth-order valence-corrected chi connectivity index (χ4v) is 2.75. The van der Waals surface area contributed by atoms with Gasteiger partial charge in [0.05, 0.1) is 0 Å². The molecule has 0 aliphatic heterocycles. The van der Waals surface area contributed by atoms with Crippen molar-refractivity contribution in [2.24, 2.45) is 0 Å². The molecule has 0 fully saturated rings. The van der Waals surface area contributed by atoms with Crippen molar-refractivity contribution in [2.75, 3.05) is 16.8 Å². The summed E-state index contributed by atoms with van der Waals surface area (Å²) in [5, 5.41) is 2.86. The summed E-state index contributed by atoms with van der Waals surface area (Å²) < 4.78 is 0. The molecule has 0 bridgehead atoms. The van der Waals surface area contributed by atoms with Crippen LogP contribution in [0.3, 0.4) is 0 Å². The van der Waals surface area contributed by atoms with Gasteiger partial charge >= 0.3 is 0 Å². The van der Waals surface area contributed by atoms with E-state index in [1.807, 2.05) is 12.1 Å². The number of nitrogens with two attached hydrogens (primary N) is 1. The van der Waals surface area contributed by atoms with E-state index in [4.69, 9.17) is 5.73 Å². The maximum atomic E-state index is 11.8. The third-order valence-electron chi connectivity index (χ3n) is 3.01. The fourth-order valence-electron chi connectivity index (χ4n) is 1.90. The van der Waals surface area contributed by atoms with Crippen molar-refractivity contribution in [3.05, 3.63) is 54.1 Å². The molecule has 2 rings (SSSR count). The molecule has 3 N–H and O–H groups in total. The van der Waals surface area contributed by atoms with Crippen LogP contribution < -0.4 is 11.1 Å². The standard InChI is InChI=1S/C17H20N2OS/c1-13-7-9-16(10-8-13)21-11-3-6-17(20)19-15-5-2-4-14(18)12-15/h2,4-5,7-10,12H,3,6,11,18H2,1H3,(H,19,20). The number of benzene rings is 2. The summed E-state index contributed by atoms with van der Waals surface area (Å²) in [6.45, 7) is 2.08. The second-order valence-corrected chi connectivity index (χ2v) is 6.11. The van der Waals surface area contributed by atoms with Crippen molar-refractivity contribution in [2.45, 2.75) is 24.7 Å². The smallest absolute Gasteiger partial charge is 0.224 e. The van der Waals surface area contributed by atoms with Crippen molar-refractivity contribution < 1.29 is 4.79 Å². The Morgan fingerprint density at radius 1 is 1.19 bits per heavy atom. The number of hydrogen-bond donors (Lipinski definition) is 2. The van der Waals surface area contributed by atoms with Gasteiger partial charge in [-0.3, -0.25) is 4.79 Å². The number of nitrogen functional groups attached to an aromatic ring is 1. The fraction of sp³-hybridized carbons (Fsp3) is 0.235. The van der Waals surface area contributed by atoms with E-state index in [0.717, 1.165) is 17.9 Å². The Hall–Kier alpha value is -1.94. The molecule has 1 amide bonds. The van der Waals surface area contributed by atoms with Gasteiger partial charge in [0.1, 0.15) is 0 Å². The molecule has 110 valence electrons. The van der Waals surface area contributed by atoms with Crippen molar-refractivity contribution in [1.29, 1.82) is 0 Å². The van der Waals surface area contributed by atoms with E-state index >= 15 is 0 Å². The van der Waals surface area contributed by atoms with E-state index in [0.29, 0.717) is 12.1 Å². The normalized spacial score (nSPS) is 10.3. The monoisotopic (exact) mass is 300 g/mol. The molecule has 0 aromatic heterocycles. The van der Waals surface area contributed by atoms with Crippen LogP contribution >= 0.6 is 11.8 Å². The lowest BCUT2D eigenvalue weighted by Gasteiger charge is -2.06. The summed E-state index contributed by atoms with van der Waals surface area (Å²) in [7, 11) is 0. The zero-order valence-corrected chi connectivity index (χ0v) is 13.0. The maximum absolute atomic E-state index is 11.8. The largest absolute Gasteiger partial charge is 0.399 e. The molecular weight excluding hydrogens is 280 g/mol. The van der Waals surface area contributed by atoms with Crippen LogP contribution in [-0.2, 0) is 4.79 Å². The SMILES string of the molecule is Cc1ccc(SCCCC(=O)Nc2cccc(N)c2)cc1. The van der Waals surface area contributed by atoms with E-state index < -0.39 is 0 Å². The number of nitrogens with one attached hydrogen (secondary N) is 1. The second-order valence-electron chi connectivity index (χ2n) is 4.94. The summed E-state index contributed by atoms with van der Waals surface area (Å²) in [6.07, 6.45) is 1.38. The Morgan fingerprint density at radius 2 is 1.95 bits per heavy atom. The highest BCUT2D eigenvalue weighted by Gasteiger charge is 2.03. The van der Waals surface area contributed by atoms with Crippen LogP contribution in [0, 0.1) is 6.92 Å². The Balaban J connectivity index is 1.68. The molecule has 0 atom stereocenters. The van der Waals surface area contributed by atoms with Crippen molar-refractivity contribution in [3.8, 4) is 0 Å². The van der Waals surface area contributed by atoms with Gasteiger partial charge in [-0.05, 0) is 49.4 Å². The number of thioether (sulfide) groups is 1. The number of rotatable bonds is 6. The lowest BCUT2D eigenvalue weighted by atomic mass is 10.2. The number of carbonyl (C=O) groups excluding carboxylic acids is 1. The zero-order valence-electron chi connectivity index (χ0n) is 12.1. The van der Waals surface area contributed by atoms with Crippen LogP contribution in [0.5, 0.6) is 0 Å². The minimum Gasteiger partial charge on any atom is -0.399 e. The highest BCUT2D eigenvalue weighted by Crippen LogP contribution is 2.20. The molecule has 4 heteroatoms. The summed E-state index contributed by atoms with van der Waals surface area (Å²) in [4.78, 5) is 13.1. The third-order valence-corrected chi connectivity index (χ3v) is 4.11. The first-order chi connectivity index (χ1) is 10.1. The highest BCUT2D eigenvalue weighted by molar-refractivity contribution is 7.99. The Kier molecular flexibility index (Phi) is 5.69. The van der Waals surface area contributed by atoms with Gasteiger partial charge < -0.3 is 11.1 Å². The molecule has 0 spiro atoms. The molecule has 3 nitrogen and oxygen atoms in total. The molecule has 0 aliphatic carbocycles. The van der Waals surface area contributed by atoms with Gasteiger partial charge in [0, 0.05) is 22.7 Å². The second kappa shape index (κ2) is 7.74. The molecule has 2 aromatic carbocycles. The van der Waals surface area contributed by atoms with Crippen LogP contribution in [0.25, 0.3) is 0 Å². The average molecular weight is 300 g/mol. The van der Waals surface area contributed by atoms with E-state index in [1.54, 1.807) is 23.9 Å². The van der Waals surface area contributed by atoms with Crippen LogP contribution in [0.2, 0.25) is 0 Å². The lowest BCUT2D eigenvalue weighted by Crippen LogP contribution is -2.11. The Bertz CT molecular complexity index is 596. The van der Waals surface area contributed by atoms with E-state index in [1.165, 1.54) is 10.5 Å². The molecular formula is C17H20N2OS. The average Bonchev–Trinajstić information content (AvgIpc) is 2.45. The minimum atomic E-state index is 0.0325. The van der Waals surface area contributed by atoms with Gasteiger partial charge in [0.25, 0.3) is 0 Å². The predicted octanol–water partition coefficient (Wildman–Crippen LogP) is 4.09. The number of aryl methyl sites for hydroxylation is 1. The molecule has 0 heterocycles. The molecule has 0 saturated heterocycles. The van der Waals surface area contributed by atoms with Crippen LogP contribution in [0.4, 0.5) is 11.4 Å². The third kappa shape index (κ3) is 5.52. The topological polar surface area (TPSA) is 55.1 Å². The molecule has 0 unspecified atom stereocenters. The van der Waals surface area contributed by atoms with Gasteiger partial charge in [-0.1, -0.05) is 23.8 Å². The van der Waals surface area contributed by atoms with Crippen molar-refractivity contribution in [1.82, 2.24) is 0 Å². The van der Waals surface area contributed by atoms with Crippen molar-refractivity contribution in [3.63, 3.8) is 0 Å². The van der Waals surface area contributed by atoms with E-state index in [2.05, 4.69) is 36.5 Å². The minimum absolute atomic E-state index is 0.0325. The Labute approximate surface area is 129 Å². The Morgan fingerprint density at radius 3 is 2.67 bits per heavy atom. The van der Waals surface area contributed by atoms with Gasteiger partial charge in [0.15, 0.2) is 0 Å². The first kappa shape index (κ1) is 15.4. The molecule has 2 aromatic rings. The molecule has 0 aliphatic rings. The van der Waals surface area contributed by atoms with Crippen LogP contribution in [0.1, 0.15) is 18.4 Å². The predicted molar refractivity (Wildman–Crippen MR) is 90.6 cm³/mol. The quantitative estimate of drug-likeness (QED) is 0.480. The van der Waals surface area contributed by atoms with Gasteiger partial charge in [-0.2, -0.15) is 0 Å². The maximum Gasteiger partial charge on any atom is 0.224 e. The number of anilines is 2. The number of amides is 1. The number of carbonyl (C=O) groups is 1. The summed E-state index contributed by atoms with van der Waals surface area (Å²) in [6, 6.07) is 15.7. The van der Waals surface area contributed by atoms with Gasteiger partial charge in [0.2, 0.25) is 5.91 Å². The van der Waals surface area contributed by atoms with E-state index in [9.17, 15) is 4.79 Å². The van der Waals surface area contributed by atoms with E-state index in [-0.39, 0.29) is 5.91 Å². The van der Waals surface area contributed by atoms with Crippen LogP contribution in [0.15, 0.2) is 53.4 Å².